The van der Waals surface area contributed by atoms with E-state index in [0.29, 0.717) is 6.04 Å². The largest absolute Gasteiger partial charge is 0.383 e. The molecule has 0 rings (SSSR count). The van der Waals surface area contributed by atoms with Gasteiger partial charge in [0.05, 0.1) is 6.61 Å². The van der Waals surface area contributed by atoms with Crippen LogP contribution < -0.4 is 5.32 Å². The summed E-state index contributed by atoms with van der Waals surface area (Å²) in [6.45, 7) is 4.44. The lowest BCUT2D eigenvalue weighted by Crippen LogP contribution is -2.29. The molecule has 0 radical (unpaired) electrons. The van der Waals surface area contributed by atoms with E-state index in [1.807, 2.05) is 13.1 Å². The van der Waals surface area contributed by atoms with Crippen LogP contribution >= 0.6 is 0 Å². The van der Waals surface area contributed by atoms with Crippen LogP contribution in [0.4, 0.5) is 0 Å². The Bertz CT molecular complexity index is 83.3. The lowest BCUT2D eigenvalue weighted by molar-refractivity contribution is 0.166. The highest BCUT2D eigenvalue weighted by molar-refractivity contribution is 4.72. The molecule has 0 fully saturated rings. The third kappa shape index (κ3) is 4.53. The van der Waals surface area contributed by atoms with Gasteiger partial charge in [0.2, 0.25) is 0 Å². The highest BCUT2D eigenvalue weighted by Crippen LogP contribution is 1.96. The summed E-state index contributed by atoms with van der Waals surface area (Å²) in [6, 6.07) is 0.475. The Hall–Kier alpha value is -0.340. The molecule has 1 atom stereocenters. The Labute approximate surface area is 63.3 Å². The van der Waals surface area contributed by atoms with Gasteiger partial charge >= 0.3 is 0 Å². The number of nitrogens with one attached hydrogen (secondary N) is 1. The van der Waals surface area contributed by atoms with Crippen molar-refractivity contribution >= 4 is 0 Å². The predicted molar refractivity (Wildman–Crippen MR) is 44.2 cm³/mol. The average Bonchev–Trinajstić information content (AvgIpc) is 1.98. The molecule has 0 heterocycles. The first kappa shape index (κ1) is 9.66. The SMILES string of the molecule is C=CCCC(COC)NC. The number of allylic oxidation sites excluding steroid dienone is 1. The van der Waals surface area contributed by atoms with Crippen LogP contribution in [0.15, 0.2) is 12.7 Å². The van der Waals surface area contributed by atoms with E-state index in [-0.39, 0.29) is 0 Å². The van der Waals surface area contributed by atoms with E-state index in [2.05, 4.69) is 11.9 Å². The molecule has 1 N–H and O–H groups in total. The van der Waals surface area contributed by atoms with Crippen molar-refractivity contribution in [3.63, 3.8) is 0 Å². The summed E-state index contributed by atoms with van der Waals surface area (Å²) >= 11 is 0. The summed E-state index contributed by atoms with van der Waals surface area (Å²) in [7, 11) is 3.67. The van der Waals surface area contributed by atoms with Crippen molar-refractivity contribution in [2.45, 2.75) is 18.9 Å². The van der Waals surface area contributed by atoms with Gasteiger partial charge in [0.1, 0.15) is 0 Å². The fraction of sp³-hybridized carbons (Fsp3) is 0.750. The molecule has 1 unspecified atom stereocenters. The monoisotopic (exact) mass is 143 g/mol. The van der Waals surface area contributed by atoms with E-state index in [0.717, 1.165) is 19.4 Å². The van der Waals surface area contributed by atoms with Crippen molar-refractivity contribution in [2.75, 3.05) is 20.8 Å². The molecule has 0 aliphatic rings. The van der Waals surface area contributed by atoms with Gasteiger partial charge in [0.15, 0.2) is 0 Å². The maximum Gasteiger partial charge on any atom is 0.0615 e. The van der Waals surface area contributed by atoms with Crippen molar-refractivity contribution in [1.29, 1.82) is 0 Å². The third-order valence-corrected chi connectivity index (χ3v) is 1.50. The molecule has 60 valence electrons. The predicted octanol–water partition coefficient (Wildman–Crippen LogP) is 1.19. The normalized spacial score (nSPS) is 13.0. The van der Waals surface area contributed by atoms with Gasteiger partial charge in [-0.3, -0.25) is 0 Å². The maximum absolute atomic E-state index is 5.00. The van der Waals surface area contributed by atoms with Crippen LogP contribution in [0.2, 0.25) is 0 Å². The van der Waals surface area contributed by atoms with Crippen LogP contribution in [0.1, 0.15) is 12.8 Å². The Morgan fingerprint density at radius 3 is 2.80 bits per heavy atom. The lowest BCUT2D eigenvalue weighted by atomic mass is 10.2. The summed E-state index contributed by atoms with van der Waals surface area (Å²) in [5.41, 5.74) is 0. The van der Waals surface area contributed by atoms with Gasteiger partial charge in [-0.2, -0.15) is 0 Å². The number of rotatable bonds is 6. The van der Waals surface area contributed by atoms with Crippen molar-refractivity contribution in [1.82, 2.24) is 5.32 Å². The Morgan fingerprint density at radius 1 is 1.70 bits per heavy atom. The topological polar surface area (TPSA) is 21.3 Å². The third-order valence-electron chi connectivity index (χ3n) is 1.50. The molecule has 0 amide bonds. The van der Waals surface area contributed by atoms with Gasteiger partial charge in [0, 0.05) is 13.2 Å². The zero-order valence-corrected chi connectivity index (χ0v) is 6.89. The van der Waals surface area contributed by atoms with Crippen molar-refractivity contribution in [3.8, 4) is 0 Å². The summed E-state index contributed by atoms with van der Waals surface area (Å²) in [5.74, 6) is 0. The fourth-order valence-corrected chi connectivity index (χ4v) is 0.831. The highest BCUT2D eigenvalue weighted by atomic mass is 16.5. The van der Waals surface area contributed by atoms with Crippen molar-refractivity contribution in [2.24, 2.45) is 0 Å². The van der Waals surface area contributed by atoms with Gasteiger partial charge in [0.25, 0.3) is 0 Å². The van der Waals surface area contributed by atoms with Crippen LogP contribution in [0, 0.1) is 0 Å². The van der Waals surface area contributed by atoms with Crippen LogP contribution in [0.25, 0.3) is 0 Å². The lowest BCUT2D eigenvalue weighted by Gasteiger charge is -2.12. The molecule has 0 aromatic rings. The highest BCUT2D eigenvalue weighted by Gasteiger charge is 2.01. The second kappa shape index (κ2) is 6.78. The van der Waals surface area contributed by atoms with E-state index in [1.54, 1.807) is 7.11 Å². The van der Waals surface area contributed by atoms with Gasteiger partial charge in [-0.05, 0) is 19.9 Å². The molecule has 0 spiro atoms. The number of hydrogen-bond acceptors (Lipinski definition) is 2. The van der Waals surface area contributed by atoms with Gasteiger partial charge in [-0.1, -0.05) is 6.08 Å². The molecular formula is C8H17NO. The van der Waals surface area contributed by atoms with E-state index in [4.69, 9.17) is 4.74 Å². The Kier molecular flexibility index (Phi) is 6.55. The first-order valence-corrected chi connectivity index (χ1v) is 3.62. The molecular weight excluding hydrogens is 126 g/mol. The molecule has 0 aromatic heterocycles. The van der Waals surface area contributed by atoms with Crippen LogP contribution in [0.3, 0.4) is 0 Å². The summed E-state index contributed by atoms with van der Waals surface area (Å²) in [6.07, 6.45) is 4.09. The minimum absolute atomic E-state index is 0.475. The van der Waals surface area contributed by atoms with Crippen LogP contribution in [0.5, 0.6) is 0 Å². The molecule has 0 saturated carbocycles. The minimum Gasteiger partial charge on any atom is -0.383 e. The zero-order valence-electron chi connectivity index (χ0n) is 6.89. The summed E-state index contributed by atoms with van der Waals surface area (Å²) in [4.78, 5) is 0. The molecule has 0 bridgehead atoms. The van der Waals surface area contributed by atoms with Gasteiger partial charge in [-0.25, -0.2) is 0 Å². The van der Waals surface area contributed by atoms with Gasteiger partial charge in [-0.15, -0.1) is 6.58 Å². The van der Waals surface area contributed by atoms with Crippen molar-refractivity contribution in [3.05, 3.63) is 12.7 Å². The molecule has 2 heteroatoms. The first-order chi connectivity index (χ1) is 4.85. The fourth-order valence-electron chi connectivity index (χ4n) is 0.831. The van der Waals surface area contributed by atoms with Crippen LogP contribution in [-0.4, -0.2) is 26.8 Å². The summed E-state index contributed by atoms with van der Waals surface area (Å²) in [5, 5.41) is 3.16. The minimum atomic E-state index is 0.475. The van der Waals surface area contributed by atoms with E-state index in [9.17, 15) is 0 Å². The quantitative estimate of drug-likeness (QED) is 0.564. The number of likely N-dealkylation sites (N-methyl/N-ethyl adjacent to an activating group) is 1. The molecule has 0 aliphatic heterocycles. The number of ether oxygens (including phenoxy) is 1. The first-order valence-electron chi connectivity index (χ1n) is 3.62. The molecule has 10 heavy (non-hydrogen) atoms. The van der Waals surface area contributed by atoms with Crippen molar-refractivity contribution < 1.29 is 4.74 Å². The van der Waals surface area contributed by atoms with E-state index < -0.39 is 0 Å². The molecule has 0 aliphatic carbocycles. The number of hydrogen-bond donors (Lipinski definition) is 1. The molecule has 2 nitrogen and oxygen atoms in total. The van der Waals surface area contributed by atoms with E-state index in [1.165, 1.54) is 0 Å². The molecule has 0 saturated heterocycles. The average molecular weight is 143 g/mol. The Morgan fingerprint density at radius 2 is 2.40 bits per heavy atom. The summed E-state index contributed by atoms with van der Waals surface area (Å²) < 4.78 is 5.00. The smallest absolute Gasteiger partial charge is 0.0615 e. The maximum atomic E-state index is 5.00. The second-order valence-electron chi connectivity index (χ2n) is 2.31. The van der Waals surface area contributed by atoms with Crippen LogP contribution in [-0.2, 0) is 4.74 Å². The standard InChI is InChI=1S/C8H17NO/c1-4-5-6-8(9-2)7-10-3/h4,8-9H,1,5-7H2,2-3H3. The number of methoxy groups -OCH3 is 1. The second-order valence-corrected chi connectivity index (χ2v) is 2.31. The zero-order chi connectivity index (χ0) is 7.82. The van der Waals surface area contributed by atoms with Gasteiger partial charge < -0.3 is 10.1 Å². The Balaban J connectivity index is 3.29. The molecule has 0 aromatic carbocycles. The van der Waals surface area contributed by atoms with E-state index >= 15 is 0 Å².